The van der Waals surface area contributed by atoms with E-state index in [4.69, 9.17) is 10.5 Å². The first-order valence-corrected chi connectivity index (χ1v) is 7.79. The van der Waals surface area contributed by atoms with E-state index < -0.39 is 5.54 Å². The van der Waals surface area contributed by atoms with Gasteiger partial charge in [0.2, 0.25) is 0 Å². The molecular formula is C15H29N3O2. The number of esters is 1. The molecule has 5 heteroatoms. The molecule has 4 atom stereocenters. The highest BCUT2D eigenvalue weighted by Gasteiger charge is 2.46. The molecule has 0 bridgehead atoms. The van der Waals surface area contributed by atoms with Gasteiger partial charge < -0.3 is 10.5 Å². The first-order valence-electron chi connectivity index (χ1n) is 7.79. The molecule has 1 saturated heterocycles. The average Bonchev–Trinajstić information content (AvgIpc) is 2.80. The number of rotatable bonds is 3. The van der Waals surface area contributed by atoms with Crippen LogP contribution in [0.25, 0.3) is 0 Å². The van der Waals surface area contributed by atoms with Crippen LogP contribution in [0, 0.1) is 0 Å². The second-order valence-electron chi connectivity index (χ2n) is 6.59. The third-order valence-electron chi connectivity index (χ3n) is 5.11. The van der Waals surface area contributed by atoms with Crippen LogP contribution in [0.4, 0.5) is 0 Å². The fourth-order valence-electron chi connectivity index (χ4n) is 3.56. The van der Waals surface area contributed by atoms with Crippen LogP contribution >= 0.6 is 0 Å². The van der Waals surface area contributed by atoms with Crippen LogP contribution in [0.5, 0.6) is 0 Å². The molecule has 0 radical (unpaired) electrons. The van der Waals surface area contributed by atoms with E-state index in [0.29, 0.717) is 24.7 Å². The van der Waals surface area contributed by atoms with Gasteiger partial charge in [0, 0.05) is 31.2 Å². The fraction of sp³-hybridized carbons (Fsp3) is 0.933. The highest BCUT2D eigenvalue weighted by atomic mass is 16.5. The minimum absolute atomic E-state index is 0.224. The highest BCUT2D eigenvalue weighted by Crippen LogP contribution is 2.33. The minimum atomic E-state index is -0.767. The van der Waals surface area contributed by atoms with Crippen molar-refractivity contribution in [2.45, 2.75) is 63.7 Å². The Morgan fingerprint density at radius 3 is 2.50 bits per heavy atom. The van der Waals surface area contributed by atoms with E-state index in [-0.39, 0.29) is 5.97 Å². The van der Waals surface area contributed by atoms with Crippen LogP contribution in [0.15, 0.2) is 0 Å². The summed E-state index contributed by atoms with van der Waals surface area (Å²) in [5.74, 6) is -0.224. The van der Waals surface area contributed by atoms with Crippen LogP contribution in [0.2, 0.25) is 0 Å². The summed E-state index contributed by atoms with van der Waals surface area (Å²) in [7, 11) is 2.19. The summed E-state index contributed by atoms with van der Waals surface area (Å²) in [5, 5.41) is 0. The number of nitrogens with zero attached hydrogens (tertiary/aromatic N) is 2. The van der Waals surface area contributed by atoms with E-state index in [0.717, 1.165) is 32.4 Å². The molecule has 0 spiro atoms. The van der Waals surface area contributed by atoms with E-state index in [1.807, 2.05) is 6.92 Å². The van der Waals surface area contributed by atoms with Gasteiger partial charge in [0.05, 0.1) is 6.61 Å². The van der Waals surface area contributed by atoms with Gasteiger partial charge in [-0.1, -0.05) is 0 Å². The van der Waals surface area contributed by atoms with Crippen LogP contribution in [0.1, 0.15) is 40.0 Å². The molecular weight excluding hydrogens is 254 g/mol. The summed E-state index contributed by atoms with van der Waals surface area (Å²) in [6.07, 6.45) is 2.47. The zero-order valence-corrected chi connectivity index (χ0v) is 13.3. The van der Waals surface area contributed by atoms with Crippen LogP contribution < -0.4 is 5.73 Å². The summed E-state index contributed by atoms with van der Waals surface area (Å²) in [6, 6.07) is 1.52. The zero-order valence-electron chi connectivity index (χ0n) is 13.3. The molecule has 1 heterocycles. The maximum atomic E-state index is 12.0. The number of carbonyl (C=O) groups excluding carboxylic acids is 1. The zero-order chi connectivity index (χ0) is 14.9. The number of piperazine rings is 1. The van der Waals surface area contributed by atoms with E-state index in [2.05, 4.69) is 30.7 Å². The number of likely N-dealkylation sites (N-methyl/N-ethyl adjacent to an activating group) is 1. The van der Waals surface area contributed by atoms with Crippen molar-refractivity contribution in [1.29, 1.82) is 0 Å². The van der Waals surface area contributed by atoms with Gasteiger partial charge in [-0.25, -0.2) is 0 Å². The predicted octanol–water partition coefficient (Wildman–Crippen LogP) is 0.824. The lowest BCUT2D eigenvalue weighted by Crippen LogP contribution is -2.58. The Labute approximate surface area is 122 Å². The molecule has 2 fully saturated rings. The molecule has 2 aliphatic rings. The van der Waals surface area contributed by atoms with Crippen LogP contribution in [-0.2, 0) is 9.53 Å². The third kappa shape index (κ3) is 3.00. The van der Waals surface area contributed by atoms with Gasteiger partial charge in [0.15, 0.2) is 0 Å². The number of ether oxygens (including phenoxy) is 1. The average molecular weight is 283 g/mol. The van der Waals surface area contributed by atoms with Crippen LogP contribution in [-0.4, -0.2) is 66.2 Å². The molecule has 1 aliphatic heterocycles. The lowest BCUT2D eigenvalue weighted by Gasteiger charge is -2.45. The molecule has 0 aromatic carbocycles. The van der Waals surface area contributed by atoms with Crippen molar-refractivity contribution in [3.05, 3.63) is 0 Å². The smallest absolute Gasteiger partial charge is 0.326 e. The van der Waals surface area contributed by atoms with Crippen molar-refractivity contribution in [2.24, 2.45) is 5.73 Å². The molecule has 4 unspecified atom stereocenters. The fourth-order valence-corrected chi connectivity index (χ4v) is 3.56. The highest BCUT2D eigenvalue weighted by molar-refractivity contribution is 5.81. The first kappa shape index (κ1) is 15.7. The summed E-state index contributed by atoms with van der Waals surface area (Å²) >= 11 is 0. The second-order valence-corrected chi connectivity index (χ2v) is 6.59. The molecule has 2 N–H and O–H groups in total. The quantitative estimate of drug-likeness (QED) is 0.777. The van der Waals surface area contributed by atoms with E-state index >= 15 is 0 Å². The predicted molar refractivity (Wildman–Crippen MR) is 79.5 cm³/mol. The van der Waals surface area contributed by atoms with Crippen molar-refractivity contribution in [3.63, 3.8) is 0 Å². The van der Waals surface area contributed by atoms with Crippen molar-refractivity contribution in [1.82, 2.24) is 9.80 Å². The first-order chi connectivity index (χ1) is 9.37. The number of nitrogens with two attached hydrogens (primary N) is 1. The van der Waals surface area contributed by atoms with Gasteiger partial charge in [-0.3, -0.25) is 14.6 Å². The lowest BCUT2D eigenvalue weighted by atomic mass is 9.98. The van der Waals surface area contributed by atoms with Gasteiger partial charge in [-0.2, -0.15) is 0 Å². The van der Waals surface area contributed by atoms with Crippen molar-refractivity contribution >= 4 is 5.97 Å². The largest absolute Gasteiger partial charge is 0.465 e. The number of hydrogen-bond acceptors (Lipinski definition) is 5. The molecule has 20 heavy (non-hydrogen) atoms. The Hall–Kier alpha value is -0.650. The molecule has 0 aromatic heterocycles. The van der Waals surface area contributed by atoms with Gasteiger partial charge in [0.1, 0.15) is 5.54 Å². The van der Waals surface area contributed by atoms with Gasteiger partial charge in [0.25, 0.3) is 0 Å². The summed E-state index contributed by atoms with van der Waals surface area (Å²) < 4.78 is 5.13. The third-order valence-corrected chi connectivity index (χ3v) is 5.11. The van der Waals surface area contributed by atoms with Gasteiger partial charge in [-0.05, 0) is 47.1 Å². The Bertz CT molecular complexity index is 351. The number of hydrogen-bond donors (Lipinski definition) is 1. The summed E-state index contributed by atoms with van der Waals surface area (Å²) in [5.41, 5.74) is 5.50. The molecule has 0 amide bonds. The standard InChI is InChI=1S/C15H29N3O2/c1-5-20-14(19)15(16)7-6-13(8-15)18-9-11(2)17(4)12(3)10-18/h11-13H,5-10,16H2,1-4H3. The number of carbonyl (C=O) groups is 1. The monoisotopic (exact) mass is 283 g/mol. The Morgan fingerprint density at radius 1 is 1.35 bits per heavy atom. The van der Waals surface area contributed by atoms with E-state index in [1.165, 1.54) is 0 Å². The molecule has 2 rings (SSSR count). The lowest BCUT2D eigenvalue weighted by molar-refractivity contribution is -0.149. The van der Waals surface area contributed by atoms with Gasteiger partial charge >= 0.3 is 5.97 Å². The normalized spacial score (nSPS) is 40.0. The van der Waals surface area contributed by atoms with E-state index in [1.54, 1.807) is 0 Å². The van der Waals surface area contributed by atoms with Gasteiger partial charge in [-0.15, -0.1) is 0 Å². The van der Waals surface area contributed by atoms with Crippen LogP contribution in [0.3, 0.4) is 0 Å². The molecule has 0 aromatic rings. The SMILES string of the molecule is CCOC(=O)C1(N)CCC(N2CC(C)N(C)C(C)C2)C1. The topological polar surface area (TPSA) is 58.8 Å². The minimum Gasteiger partial charge on any atom is -0.465 e. The van der Waals surface area contributed by atoms with Crippen molar-refractivity contribution in [2.75, 3.05) is 26.7 Å². The Kier molecular flexibility index (Phi) is 4.72. The maximum absolute atomic E-state index is 12.0. The van der Waals surface area contributed by atoms with E-state index in [9.17, 15) is 4.79 Å². The molecule has 116 valence electrons. The van der Waals surface area contributed by atoms with Crippen molar-refractivity contribution < 1.29 is 9.53 Å². The molecule has 1 saturated carbocycles. The van der Waals surface area contributed by atoms with Crippen molar-refractivity contribution in [3.8, 4) is 0 Å². The summed E-state index contributed by atoms with van der Waals surface area (Å²) in [4.78, 5) is 16.9. The second kappa shape index (κ2) is 6.00. The summed E-state index contributed by atoms with van der Waals surface area (Å²) in [6.45, 7) is 8.88. The molecule has 5 nitrogen and oxygen atoms in total. The Morgan fingerprint density at radius 2 is 1.95 bits per heavy atom. The Balaban J connectivity index is 1.97. The molecule has 1 aliphatic carbocycles. The maximum Gasteiger partial charge on any atom is 0.326 e.